The highest BCUT2D eigenvalue weighted by Crippen LogP contribution is 2.05. The van der Waals surface area contributed by atoms with E-state index in [0.717, 1.165) is 0 Å². The Bertz CT molecular complexity index is 429. The van der Waals surface area contributed by atoms with E-state index in [1.807, 2.05) is 22.6 Å². The van der Waals surface area contributed by atoms with Crippen molar-refractivity contribution >= 4 is 28.6 Å². The summed E-state index contributed by atoms with van der Waals surface area (Å²) in [7, 11) is 2.70. The number of H-pyrrole nitrogens is 1. The summed E-state index contributed by atoms with van der Waals surface area (Å²) in [6, 6.07) is 0. The molecule has 82 valence electrons. The van der Waals surface area contributed by atoms with Gasteiger partial charge in [0.25, 0.3) is 5.56 Å². The Balaban J connectivity index is 3.23. The van der Waals surface area contributed by atoms with E-state index in [-0.39, 0.29) is 18.0 Å². The molecule has 0 aliphatic carbocycles. The van der Waals surface area contributed by atoms with Gasteiger partial charge in [0.1, 0.15) is 3.57 Å². The summed E-state index contributed by atoms with van der Waals surface area (Å²) in [6.45, 7) is 0.173. The summed E-state index contributed by atoms with van der Waals surface area (Å²) in [5.74, 6) is -0.796. The third-order valence-corrected chi connectivity index (χ3v) is 2.70. The monoisotopic (exact) mass is 324 g/mol. The molecule has 1 N–H and O–H groups in total. The van der Waals surface area contributed by atoms with Gasteiger partial charge in [-0.05, 0) is 22.6 Å². The zero-order valence-corrected chi connectivity index (χ0v) is 10.3. The van der Waals surface area contributed by atoms with E-state index in [9.17, 15) is 9.59 Å². The largest absolute Gasteiger partial charge is 0.463 e. The van der Waals surface area contributed by atoms with Crippen molar-refractivity contribution < 1.29 is 14.3 Å². The van der Waals surface area contributed by atoms with E-state index in [1.165, 1.54) is 14.2 Å². The molecule has 1 heterocycles. The van der Waals surface area contributed by atoms with Gasteiger partial charge < -0.3 is 9.47 Å². The Hall–Kier alpha value is -0.960. The zero-order chi connectivity index (χ0) is 11.4. The van der Waals surface area contributed by atoms with Gasteiger partial charge in [0.15, 0.2) is 0 Å². The minimum absolute atomic E-state index is 0.116. The van der Waals surface area contributed by atoms with Crippen LogP contribution in [0.15, 0.2) is 4.79 Å². The van der Waals surface area contributed by atoms with Gasteiger partial charge in [0.2, 0.25) is 5.82 Å². The van der Waals surface area contributed by atoms with Crippen molar-refractivity contribution in [1.29, 1.82) is 0 Å². The number of carbonyl (C=O) groups is 1. The fourth-order valence-corrected chi connectivity index (χ4v) is 1.34. The van der Waals surface area contributed by atoms with E-state index in [1.54, 1.807) is 0 Å². The molecule has 0 atom stereocenters. The molecule has 0 radical (unpaired) electrons. The molecule has 7 heteroatoms. The molecule has 0 aromatic carbocycles. The smallest absolute Gasteiger partial charge is 0.374 e. The van der Waals surface area contributed by atoms with Crippen LogP contribution >= 0.6 is 22.6 Å². The van der Waals surface area contributed by atoms with Crippen LogP contribution in [0.4, 0.5) is 0 Å². The molecule has 6 nitrogen and oxygen atoms in total. The first kappa shape index (κ1) is 12.1. The standard InChI is InChI=1S/C8H9IN2O4/c1-14-3-4-5(9)7(12)11-6(10-4)8(13)15-2/h3H2,1-2H3,(H,10,11,12). The van der Waals surface area contributed by atoms with Gasteiger partial charge in [-0.1, -0.05) is 0 Å². The Labute approximate surface area is 99.1 Å². The molecular formula is C8H9IN2O4. The second-order valence-corrected chi connectivity index (χ2v) is 3.68. The molecule has 0 amide bonds. The van der Waals surface area contributed by atoms with E-state index in [0.29, 0.717) is 9.26 Å². The number of methoxy groups -OCH3 is 2. The van der Waals surface area contributed by atoms with E-state index in [2.05, 4.69) is 14.7 Å². The molecular weight excluding hydrogens is 315 g/mol. The fourth-order valence-electron chi connectivity index (χ4n) is 0.931. The Morgan fingerprint density at radius 1 is 1.53 bits per heavy atom. The van der Waals surface area contributed by atoms with Crippen LogP contribution in [-0.4, -0.2) is 30.2 Å². The van der Waals surface area contributed by atoms with Crippen LogP contribution in [0.1, 0.15) is 16.3 Å². The van der Waals surface area contributed by atoms with Crippen LogP contribution < -0.4 is 5.56 Å². The lowest BCUT2D eigenvalue weighted by atomic mass is 10.4. The number of ether oxygens (including phenoxy) is 2. The van der Waals surface area contributed by atoms with E-state index >= 15 is 0 Å². The zero-order valence-electron chi connectivity index (χ0n) is 8.17. The Morgan fingerprint density at radius 3 is 2.73 bits per heavy atom. The molecule has 0 aliphatic rings. The molecule has 0 saturated carbocycles. The highest BCUT2D eigenvalue weighted by atomic mass is 127. The Morgan fingerprint density at radius 2 is 2.20 bits per heavy atom. The number of halogens is 1. The molecule has 0 unspecified atom stereocenters. The average Bonchev–Trinajstić information content (AvgIpc) is 2.23. The lowest BCUT2D eigenvalue weighted by Gasteiger charge is -2.04. The predicted octanol–water partition coefficient (Wildman–Crippen LogP) is 0.308. The molecule has 0 spiro atoms. The summed E-state index contributed by atoms with van der Waals surface area (Å²) < 4.78 is 9.71. The van der Waals surface area contributed by atoms with Crippen molar-refractivity contribution in [3.05, 3.63) is 25.4 Å². The molecule has 0 fully saturated rings. The number of rotatable bonds is 3. The van der Waals surface area contributed by atoms with Crippen LogP contribution in [0, 0.1) is 3.57 Å². The van der Waals surface area contributed by atoms with Crippen molar-refractivity contribution in [3.8, 4) is 0 Å². The molecule has 0 aliphatic heterocycles. The number of carbonyl (C=O) groups excluding carboxylic acids is 1. The topological polar surface area (TPSA) is 81.3 Å². The second kappa shape index (κ2) is 5.21. The average molecular weight is 324 g/mol. The van der Waals surface area contributed by atoms with Gasteiger partial charge in [-0.2, -0.15) is 0 Å². The quantitative estimate of drug-likeness (QED) is 0.639. The molecule has 0 saturated heterocycles. The summed E-state index contributed by atoms with van der Waals surface area (Å²) in [4.78, 5) is 28.8. The summed E-state index contributed by atoms with van der Waals surface area (Å²) in [5.41, 5.74) is 0.0419. The van der Waals surface area contributed by atoms with Crippen LogP contribution in [0.5, 0.6) is 0 Å². The van der Waals surface area contributed by atoms with Gasteiger partial charge in [-0.25, -0.2) is 9.78 Å². The van der Waals surface area contributed by atoms with Gasteiger partial charge in [-0.3, -0.25) is 9.78 Å². The maximum absolute atomic E-state index is 11.4. The first-order valence-corrected chi connectivity index (χ1v) is 5.04. The normalized spacial score (nSPS) is 10.1. The first-order valence-electron chi connectivity index (χ1n) is 3.96. The number of hydrogen-bond acceptors (Lipinski definition) is 5. The second-order valence-electron chi connectivity index (χ2n) is 2.60. The van der Waals surface area contributed by atoms with Gasteiger partial charge in [-0.15, -0.1) is 0 Å². The van der Waals surface area contributed by atoms with Gasteiger partial charge in [0, 0.05) is 7.11 Å². The lowest BCUT2D eigenvalue weighted by molar-refractivity contribution is 0.0585. The minimum Gasteiger partial charge on any atom is -0.463 e. The van der Waals surface area contributed by atoms with Crippen molar-refractivity contribution in [2.45, 2.75) is 6.61 Å². The number of aromatic amines is 1. The highest BCUT2D eigenvalue weighted by Gasteiger charge is 2.14. The third-order valence-electron chi connectivity index (χ3n) is 1.59. The maximum atomic E-state index is 11.4. The van der Waals surface area contributed by atoms with Crippen molar-refractivity contribution in [2.75, 3.05) is 14.2 Å². The van der Waals surface area contributed by atoms with Crippen LogP contribution in [0.25, 0.3) is 0 Å². The number of nitrogens with zero attached hydrogens (tertiary/aromatic N) is 1. The minimum atomic E-state index is -0.680. The number of nitrogens with one attached hydrogen (secondary N) is 1. The Kier molecular flexibility index (Phi) is 4.21. The summed E-state index contributed by atoms with van der Waals surface area (Å²) in [6.07, 6.45) is 0. The predicted molar refractivity (Wildman–Crippen MR) is 59.6 cm³/mol. The van der Waals surface area contributed by atoms with Crippen molar-refractivity contribution in [3.63, 3.8) is 0 Å². The summed E-state index contributed by atoms with van der Waals surface area (Å²) >= 11 is 1.84. The molecule has 15 heavy (non-hydrogen) atoms. The van der Waals surface area contributed by atoms with E-state index in [4.69, 9.17) is 4.74 Å². The number of aromatic nitrogens is 2. The number of esters is 1. The van der Waals surface area contributed by atoms with Crippen molar-refractivity contribution in [1.82, 2.24) is 9.97 Å². The van der Waals surface area contributed by atoms with Crippen LogP contribution in [0.2, 0.25) is 0 Å². The maximum Gasteiger partial charge on any atom is 0.374 e. The molecule has 0 bridgehead atoms. The lowest BCUT2D eigenvalue weighted by Crippen LogP contribution is -2.21. The SMILES string of the molecule is COCc1nc(C(=O)OC)[nH]c(=O)c1I. The molecule has 1 aromatic heterocycles. The van der Waals surface area contributed by atoms with Gasteiger partial charge >= 0.3 is 5.97 Å². The van der Waals surface area contributed by atoms with E-state index < -0.39 is 5.97 Å². The van der Waals surface area contributed by atoms with Crippen LogP contribution in [0.3, 0.4) is 0 Å². The summed E-state index contributed by atoms with van der Waals surface area (Å²) in [5, 5.41) is 0. The van der Waals surface area contributed by atoms with Gasteiger partial charge in [0.05, 0.1) is 19.4 Å². The highest BCUT2D eigenvalue weighted by molar-refractivity contribution is 14.1. The van der Waals surface area contributed by atoms with Crippen molar-refractivity contribution in [2.24, 2.45) is 0 Å². The third kappa shape index (κ3) is 2.75. The van der Waals surface area contributed by atoms with Crippen LogP contribution in [-0.2, 0) is 16.1 Å². The molecule has 1 aromatic rings. The first-order chi connectivity index (χ1) is 7.10. The fraction of sp³-hybridized carbons (Fsp3) is 0.375. The number of hydrogen-bond donors (Lipinski definition) is 1. The molecule has 1 rings (SSSR count).